The van der Waals surface area contributed by atoms with E-state index < -0.39 is 29.0 Å². The number of hydrogen-bond acceptors (Lipinski definition) is 2. The van der Waals surface area contributed by atoms with Crippen molar-refractivity contribution >= 4 is 11.8 Å². The number of amides is 2. The second kappa shape index (κ2) is 8.00. The smallest absolute Gasteiger partial charge is 0.349 e. The molecule has 8 heteroatoms. The SMILES string of the molecule is O=C(NC1CCN(C(=O)c2cccc(F)c2)CC1)c1ccccc1C(F)(F)F. The standard InChI is InChI=1S/C20H18F4N2O2/c21-14-5-3-4-13(12-14)19(28)26-10-8-15(9-11-26)25-18(27)16-6-1-2-7-17(16)20(22,23)24/h1-7,12,15H,8-11H2,(H,25,27). The maximum Gasteiger partial charge on any atom is 0.417 e. The second-order valence-electron chi connectivity index (χ2n) is 6.59. The summed E-state index contributed by atoms with van der Waals surface area (Å²) >= 11 is 0. The van der Waals surface area contributed by atoms with Gasteiger partial charge in [-0.3, -0.25) is 9.59 Å². The number of piperidine rings is 1. The topological polar surface area (TPSA) is 49.4 Å². The molecule has 0 atom stereocenters. The van der Waals surface area contributed by atoms with Crippen molar-refractivity contribution in [1.29, 1.82) is 0 Å². The van der Waals surface area contributed by atoms with Crippen LogP contribution in [0.2, 0.25) is 0 Å². The minimum absolute atomic E-state index is 0.238. The summed E-state index contributed by atoms with van der Waals surface area (Å²) in [5, 5.41) is 2.62. The second-order valence-corrected chi connectivity index (χ2v) is 6.59. The Morgan fingerprint density at radius 1 is 1.00 bits per heavy atom. The van der Waals surface area contributed by atoms with Crippen molar-refractivity contribution in [3.63, 3.8) is 0 Å². The highest BCUT2D eigenvalue weighted by Crippen LogP contribution is 2.32. The molecule has 28 heavy (non-hydrogen) atoms. The van der Waals surface area contributed by atoms with Crippen molar-refractivity contribution in [3.05, 3.63) is 71.0 Å². The van der Waals surface area contributed by atoms with Crippen LogP contribution in [-0.2, 0) is 6.18 Å². The largest absolute Gasteiger partial charge is 0.417 e. The molecule has 2 aromatic rings. The minimum Gasteiger partial charge on any atom is -0.349 e. The third-order valence-electron chi connectivity index (χ3n) is 4.67. The Balaban J connectivity index is 1.61. The maximum atomic E-state index is 13.3. The number of rotatable bonds is 3. The van der Waals surface area contributed by atoms with E-state index in [9.17, 15) is 27.2 Å². The lowest BCUT2D eigenvalue weighted by Crippen LogP contribution is -2.46. The van der Waals surface area contributed by atoms with Gasteiger partial charge in [0, 0.05) is 24.7 Å². The van der Waals surface area contributed by atoms with E-state index in [0.717, 1.165) is 18.2 Å². The molecule has 0 spiro atoms. The number of hydrogen-bond donors (Lipinski definition) is 1. The van der Waals surface area contributed by atoms with Gasteiger partial charge in [-0.15, -0.1) is 0 Å². The highest BCUT2D eigenvalue weighted by Gasteiger charge is 2.35. The molecule has 1 aliphatic heterocycles. The van der Waals surface area contributed by atoms with E-state index in [2.05, 4.69) is 5.32 Å². The number of nitrogens with zero attached hydrogens (tertiary/aromatic N) is 1. The van der Waals surface area contributed by atoms with Gasteiger partial charge in [-0.25, -0.2) is 4.39 Å². The van der Waals surface area contributed by atoms with Crippen molar-refractivity contribution in [2.24, 2.45) is 0 Å². The molecule has 0 aromatic heterocycles. The van der Waals surface area contributed by atoms with Crippen LogP contribution in [0.5, 0.6) is 0 Å². The van der Waals surface area contributed by atoms with Crippen molar-refractivity contribution in [1.82, 2.24) is 10.2 Å². The summed E-state index contributed by atoms with van der Waals surface area (Å²) in [6.07, 6.45) is -3.81. The highest BCUT2D eigenvalue weighted by molar-refractivity contribution is 5.96. The van der Waals surface area contributed by atoms with Crippen molar-refractivity contribution in [2.75, 3.05) is 13.1 Å². The van der Waals surface area contributed by atoms with Crippen LogP contribution < -0.4 is 5.32 Å². The third-order valence-corrected chi connectivity index (χ3v) is 4.67. The number of likely N-dealkylation sites (tertiary alicyclic amines) is 1. The molecule has 1 heterocycles. The van der Waals surface area contributed by atoms with Gasteiger partial charge in [0.25, 0.3) is 11.8 Å². The molecule has 0 bridgehead atoms. The Morgan fingerprint density at radius 3 is 2.32 bits per heavy atom. The molecule has 0 aliphatic carbocycles. The molecular weight excluding hydrogens is 376 g/mol. The molecular formula is C20H18F4N2O2. The summed E-state index contributed by atoms with van der Waals surface area (Å²) in [7, 11) is 0. The number of halogens is 4. The summed E-state index contributed by atoms with van der Waals surface area (Å²) in [4.78, 5) is 26.3. The molecule has 2 aromatic carbocycles. The summed E-state index contributed by atoms with van der Waals surface area (Å²) in [5.74, 6) is -1.61. The lowest BCUT2D eigenvalue weighted by molar-refractivity contribution is -0.137. The Bertz CT molecular complexity index is 875. The normalized spacial score (nSPS) is 15.4. The molecule has 1 N–H and O–H groups in total. The van der Waals surface area contributed by atoms with E-state index in [0.29, 0.717) is 25.9 Å². The average Bonchev–Trinajstić information content (AvgIpc) is 2.67. The zero-order valence-corrected chi connectivity index (χ0v) is 14.8. The average molecular weight is 394 g/mol. The van der Waals surface area contributed by atoms with Gasteiger partial charge in [0.2, 0.25) is 0 Å². The molecule has 3 rings (SSSR count). The van der Waals surface area contributed by atoms with Crippen LogP contribution in [0.1, 0.15) is 39.1 Å². The van der Waals surface area contributed by atoms with E-state index in [1.807, 2.05) is 0 Å². The van der Waals surface area contributed by atoms with Gasteiger partial charge in [-0.2, -0.15) is 13.2 Å². The number of carbonyl (C=O) groups is 2. The zero-order chi connectivity index (χ0) is 20.3. The number of benzene rings is 2. The molecule has 1 saturated heterocycles. The van der Waals surface area contributed by atoms with E-state index in [4.69, 9.17) is 0 Å². The minimum atomic E-state index is -4.62. The Hall–Kier alpha value is -2.90. The molecule has 1 fully saturated rings. The van der Waals surface area contributed by atoms with E-state index >= 15 is 0 Å². The third kappa shape index (κ3) is 4.49. The summed E-state index contributed by atoms with van der Waals surface area (Å²) < 4.78 is 52.5. The van der Waals surface area contributed by atoms with Crippen LogP contribution in [0.4, 0.5) is 17.6 Å². The van der Waals surface area contributed by atoms with E-state index in [1.54, 1.807) is 4.90 Å². The highest BCUT2D eigenvalue weighted by atomic mass is 19.4. The van der Waals surface area contributed by atoms with Gasteiger partial charge < -0.3 is 10.2 Å². The zero-order valence-electron chi connectivity index (χ0n) is 14.8. The fourth-order valence-corrected chi connectivity index (χ4v) is 3.22. The van der Waals surface area contributed by atoms with Crippen LogP contribution in [0.3, 0.4) is 0 Å². The maximum absolute atomic E-state index is 13.3. The van der Waals surface area contributed by atoms with Crippen LogP contribution in [0.25, 0.3) is 0 Å². The first-order valence-electron chi connectivity index (χ1n) is 8.77. The Kier molecular flexibility index (Phi) is 5.67. The first kappa shape index (κ1) is 19.9. The molecule has 0 radical (unpaired) electrons. The quantitative estimate of drug-likeness (QED) is 0.804. The first-order chi connectivity index (χ1) is 13.3. The summed E-state index contributed by atoms with van der Waals surface area (Å²) in [6.45, 7) is 0.641. The van der Waals surface area contributed by atoms with Crippen LogP contribution in [0.15, 0.2) is 48.5 Å². The first-order valence-corrected chi connectivity index (χ1v) is 8.77. The van der Waals surface area contributed by atoms with Gasteiger partial charge in [-0.1, -0.05) is 18.2 Å². The predicted molar refractivity (Wildman–Crippen MR) is 94.2 cm³/mol. The summed E-state index contributed by atoms with van der Waals surface area (Å²) in [6, 6.07) is 9.66. The van der Waals surface area contributed by atoms with Gasteiger partial charge in [0.1, 0.15) is 5.82 Å². The van der Waals surface area contributed by atoms with Crippen LogP contribution in [0, 0.1) is 5.82 Å². The van der Waals surface area contributed by atoms with Crippen molar-refractivity contribution < 1.29 is 27.2 Å². The molecule has 0 saturated carbocycles. The van der Waals surface area contributed by atoms with Crippen LogP contribution >= 0.6 is 0 Å². The van der Waals surface area contributed by atoms with E-state index in [1.165, 1.54) is 30.3 Å². The Morgan fingerprint density at radius 2 is 1.68 bits per heavy atom. The molecule has 2 amide bonds. The molecule has 1 aliphatic rings. The van der Waals surface area contributed by atoms with Crippen LogP contribution in [-0.4, -0.2) is 35.8 Å². The monoisotopic (exact) mass is 394 g/mol. The molecule has 4 nitrogen and oxygen atoms in total. The van der Waals surface area contributed by atoms with Gasteiger partial charge in [0.15, 0.2) is 0 Å². The fraction of sp³-hybridized carbons (Fsp3) is 0.300. The fourth-order valence-electron chi connectivity index (χ4n) is 3.22. The predicted octanol–water partition coefficient (Wildman–Crippen LogP) is 3.88. The number of alkyl halides is 3. The Labute approximate surface area is 159 Å². The molecule has 148 valence electrons. The van der Waals surface area contributed by atoms with Gasteiger partial charge in [0.05, 0.1) is 11.1 Å². The lowest BCUT2D eigenvalue weighted by atomic mass is 10.0. The van der Waals surface area contributed by atoms with Crippen molar-refractivity contribution in [3.8, 4) is 0 Å². The van der Waals surface area contributed by atoms with Gasteiger partial charge in [-0.05, 0) is 43.2 Å². The molecule has 0 unspecified atom stereocenters. The lowest BCUT2D eigenvalue weighted by Gasteiger charge is -2.32. The van der Waals surface area contributed by atoms with E-state index in [-0.39, 0.29) is 17.5 Å². The van der Waals surface area contributed by atoms with Gasteiger partial charge >= 0.3 is 6.18 Å². The van der Waals surface area contributed by atoms with Crippen molar-refractivity contribution in [2.45, 2.75) is 25.1 Å². The number of carbonyl (C=O) groups excluding carboxylic acids is 2. The number of nitrogens with one attached hydrogen (secondary N) is 1. The summed E-state index contributed by atoms with van der Waals surface area (Å²) in [5.41, 5.74) is -1.17.